The quantitative estimate of drug-likeness (QED) is 0.0748. The predicted molar refractivity (Wildman–Crippen MR) is 196 cm³/mol. The molecule has 0 spiro atoms. The van der Waals surface area contributed by atoms with Crippen LogP contribution in [0.5, 0.6) is 11.5 Å². The molecular formula is C40H58O15. The third kappa shape index (κ3) is 13.4. The molecule has 2 aromatic carbocycles. The lowest BCUT2D eigenvalue weighted by atomic mass is 9.98. The summed E-state index contributed by atoms with van der Waals surface area (Å²) in [5.41, 5.74) is 0.392. The van der Waals surface area contributed by atoms with Gasteiger partial charge in [0.25, 0.3) is 0 Å². The minimum Gasteiger partial charge on any atom is -0.494 e. The van der Waals surface area contributed by atoms with Crippen molar-refractivity contribution in [3.63, 3.8) is 0 Å². The summed E-state index contributed by atoms with van der Waals surface area (Å²) in [6.07, 6.45) is -6.11. The molecule has 308 valence electrons. The molecule has 0 saturated carbocycles. The third-order valence-corrected chi connectivity index (χ3v) is 9.58. The van der Waals surface area contributed by atoms with E-state index in [-0.39, 0.29) is 11.1 Å². The number of unbranched alkanes of at least 4 members (excludes halogenated alkanes) is 8. The molecule has 0 radical (unpaired) electrons. The van der Waals surface area contributed by atoms with Crippen LogP contribution in [0.1, 0.15) is 98.8 Å². The molecular weight excluding hydrogens is 720 g/mol. The Morgan fingerprint density at radius 1 is 0.509 bits per heavy atom. The maximum absolute atomic E-state index is 12.8. The van der Waals surface area contributed by atoms with Crippen LogP contribution >= 0.6 is 0 Å². The Balaban J connectivity index is 1.26. The van der Waals surface area contributed by atoms with Gasteiger partial charge in [0, 0.05) is 0 Å². The van der Waals surface area contributed by atoms with Gasteiger partial charge in [-0.25, -0.2) is 9.59 Å². The van der Waals surface area contributed by atoms with E-state index in [2.05, 4.69) is 13.8 Å². The van der Waals surface area contributed by atoms with Gasteiger partial charge >= 0.3 is 11.9 Å². The van der Waals surface area contributed by atoms with Crippen molar-refractivity contribution in [3.05, 3.63) is 59.7 Å². The van der Waals surface area contributed by atoms with Crippen LogP contribution in [0.25, 0.3) is 0 Å². The van der Waals surface area contributed by atoms with Crippen molar-refractivity contribution in [2.75, 3.05) is 26.4 Å². The largest absolute Gasteiger partial charge is 0.494 e. The summed E-state index contributed by atoms with van der Waals surface area (Å²) in [5, 5.41) is 63.5. The molecule has 0 aromatic heterocycles. The molecule has 15 nitrogen and oxygen atoms in total. The van der Waals surface area contributed by atoms with E-state index in [1.807, 2.05) is 0 Å². The first-order valence-corrected chi connectivity index (χ1v) is 19.4. The van der Waals surface area contributed by atoms with E-state index in [0.717, 1.165) is 51.4 Å². The maximum Gasteiger partial charge on any atom is 0.338 e. The molecule has 4 rings (SSSR count). The lowest BCUT2D eigenvalue weighted by Crippen LogP contribution is -2.64. The highest BCUT2D eigenvalue weighted by Crippen LogP contribution is 2.29. The van der Waals surface area contributed by atoms with Crippen molar-refractivity contribution in [2.45, 2.75) is 139 Å². The summed E-state index contributed by atoms with van der Waals surface area (Å²) in [6.45, 7) is 4.31. The van der Waals surface area contributed by atoms with Crippen molar-refractivity contribution in [3.8, 4) is 11.5 Å². The number of hydrogen-bond donors (Lipinski definition) is 6. The van der Waals surface area contributed by atoms with Crippen molar-refractivity contribution < 1.29 is 73.4 Å². The van der Waals surface area contributed by atoms with Gasteiger partial charge in [0.1, 0.15) is 73.5 Å². The lowest BCUT2D eigenvalue weighted by molar-refractivity contribution is -0.376. The first-order valence-electron chi connectivity index (χ1n) is 19.4. The molecule has 2 heterocycles. The molecule has 2 fully saturated rings. The van der Waals surface area contributed by atoms with Gasteiger partial charge in [-0.2, -0.15) is 0 Å². The van der Waals surface area contributed by atoms with Crippen LogP contribution in [0.3, 0.4) is 0 Å². The Labute approximate surface area is 322 Å². The van der Waals surface area contributed by atoms with Gasteiger partial charge in [0.05, 0.1) is 24.3 Å². The topological polar surface area (TPSA) is 220 Å². The van der Waals surface area contributed by atoms with Gasteiger partial charge in [-0.3, -0.25) is 0 Å². The van der Waals surface area contributed by atoms with Crippen LogP contribution < -0.4 is 9.47 Å². The average Bonchev–Trinajstić information content (AvgIpc) is 3.20. The molecule has 2 saturated heterocycles. The Bertz CT molecular complexity index is 1300. The van der Waals surface area contributed by atoms with Crippen molar-refractivity contribution in [1.82, 2.24) is 0 Å². The molecule has 0 unspecified atom stereocenters. The Hall–Kier alpha value is -3.38. The molecule has 2 aromatic rings. The van der Waals surface area contributed by atoms with Crippen molar-refractivity contribution in [1.29, 1.82) is 0 Å². The minimum atomic E-state index is -1.87. The zero-order valence-electron chi connectivity index (χ0n) is 31.6. The number of hydrogen-bond acceptors (Lipinski definition) is 15. The van der Waals surface area contributed by atoms with Crippen molar-refractivity contribution in [2.24, 2.45) is 0 Å². The highest BCUT2D eigenvalue weighted by Gasteiger charge is 2.50. The van der Waals surface area contributed by atoms with Crippen LogP contribution in [0, 0.1) is 0 Å². The SMILES string of the molecule is CCCCCCCOc1ccc(C(=O)OC[C@H]2O[C@H](O[C@H]3O[C@H](COC(=O)c4ccc(OCCCCCCC)cc4)[C@@H](O)[C@H](O)[C@H]3O)[C@H](O)[C@@H](O)[C@@H]2O)cc1. The van der Waals surface area contributed by atoms with Crippen LogP contribution in [-0.4, -0.2) is 130 Å². The zero-order valence-corrected chi connectivity index (χ0v) is 31.6. The number of rotatable bonds is 22. The molecule has 6 N–H and O–H groups in total. The maximum atomic E-state index is 12.8. The molecule has 0 aliphatic carbocycles. The number of ether oxygens (including phenoxy) is 7. The molecule has 10 atom stereocenters. The van der Waals surface area contributed by atoms with Gasteiger partial charge in [-0.15, -0.1) is 0 Å². The molecule has 0 bridgehead atoms. The van der Waals surface area contributed by atoms with Gasteiger partial charge in [0.15, 0.2) is 12.6 Å². The number of benzene rings is 2. The van der Waals surface area contributed by atoms with Crippen LogP contribution in [0.4, 0.5) is 0 Å². The summed E-state index contributed by atoms with van der Waals surface area (Å²) in [5.74, 6) is -0.310. The van der Waals surface area contributed by atoms with Crippen LogP contribution in [-0.2, 0) is 23.7 Å². The standard InChI is InChI=1S/C40H58O15/c1-3-5-7-9-11-21-49-27-17-13-25(14-18-27)37(47)51-23-29-31(41)33(43)35(45)39(53-29)55-40-36(46)34(44)32(42)30(54-40)24-52-38(48)26-15-19-28(20-16-26)50-22-12-10-8-6-4-2/h13-20,29-36,39-46H,3-12,21-24H2,1-2H3/t29-,30-,31-,32-,33+,34+,35-,36-,39-,40-/m1/s1. The summed E-state index contributed by atoms with van der Waals surface area (Å²) < 4.78 is 38.9. The fourth-order valence-corrected chi connectivity index (χ4v) is 6.11. The number of aliphatic hydroxyl groups excluding tert-OH is 6. The number of esters is 2. The fourth-order valence-electron chi connectivity index (χ4n) is 6.11. The van der Waals surface area contributed by atoms with E-state index in [9.17, 15) is 40.2 Å². The lowest BCUT2D eigenvalue weighted by Gasteiger charge is -2.44. The predicted octanol–water partition coefficient (Wildman–Crippen LogP) is 3.03. The Morgan fingerprint density at radius 3 is 1.24 bits per heavy atom. The van der Waals surface area contributed by atoms with Gasteiger partial charge in [-0.1, -0.05) is 65.2 Å². The van der Waals surface area contributed by atoms with Gasteiger partial charge in [0.2, 0.25) is 0 Å². The van der Waals surface area contributed by atoms with E-state index in [0.29, 0.717) is 24.7 Å². The van der Waals surface area contributed by atoms with Crippen LogP contribution in [0.15, 0.2) is 48.5 Å². The summed E-state index contributed by atoms with van der Waals surface area (Å²) >= 11 is 0. The molecule has 55 heavy (non-hydrogen) atoms. The average molecular weight is 779 g/mol. The second-order valence-electron chi connectivity index (χ2n) is 13.9. The Morgan fingerprint density at radius 2 is 0.873 bits per heavy atom. The second kappa shape index (κ2) is 23.0. The number of carbonyl (C=O) groups is 2. The summed E-state index contributed by atoms with van der Waals surface area (Å²) in [7, 11) is 0. The highest BCUT2D eigenvalue weighted by molar-refractivity contribution is 5.90. The monoisotopic (exact) mass is 778 g/mol. The normalized spacial score (nSPS) is 28.0. The van der Waals surface area contributed by atoms with E-state index in [1.165, 1.54) is 37.1 Å². The van der Waals surface area contributed by atoms with E-state index >= 15 is 0 Å². The van der Waals surface area contributed by atoms with Crippen molar-refractivity contribution >= 4 is 11.9 Å². The molecule has 2 aliphatic heterocycles. The third-order valence-electron chi connectivity index (χ3n) is 9.58. The van der Waals surface area contributed by atoms with Gasteiger partial charge < -0.3 is 63.8 Å². The smallest absolute Gasteiger partial charge is 0.338 e. The summed E-state index contributed by atoms with van der Waals surface area (Å²) in [4.78, 5) is 25.5. The summed E-state index contributed by atoms with van der Waals surface area (Å²) in [6, 6.07) is 12.6. The van der Waals surface area contributed by atoms with E-state index in [4.69, 9.17) is 33.2 Å². The minimum absolute atomic E-state index is 0.196. The van der Waals surface area contributed by atoms with E-state index in [1.54, 1.807) is 24.3 Å². The van der Waals surface area contributed by atoms with Gasteiger partial charge in [-0.05, 0) is 61.4 Å². The van der Waals surface area contributed by atoms with Crippen LogP contribution in [0.2, 0.25) is 0 Å². The zero-order chi connectivity index (χ0) is 39.7. The highest BCUT2D eigenvalue weighted by atomic mass is 16.8. The fraction of sp³-hybridized carbons (Fsp3) is 0.650. The molecule has 0 amide bonds. The van der Waals surface area contributed by atoms with E-state index < -0.39 is 86.6 Å². The number of aliphatic hydroxyl groups is 6. The molecule has 15 heteroatoms. The second-order valence-corrected chi connectivity index (χ2v) is 13.9. The first kappa shape index (κ1) is 44.3. The molecule has 2 aliphatic rings. The first-order chi connectivity index (χ1) is 26.5. The number of carbonyl (C=O) groups excluding carboxylic acids is 2. The Kier molecular flexibility index (Phi) is 18.5.